The Labute approximate surface area is 80.7 Å². The van der Waals surface area contributed by atoms with Gasteiger partial charge in [0.2, 0.25) is 0 Å². The first kappa shape index (κ1) is 10.1. The third-order valence-electron chi connectivity index (χ3n) is 2.15. The molecule has 0 saturated heterocycles. The first-order chi connectivity index (χ1) is 6.27. The van der Waals surface area contributed by atoms with Crippen LogP contribution in [-0.4, -0.2) is 6.10 Å². The summed E-state index contributed by atoms with van der Waals surface area (Å²) in [5.41, 5.74) is 1.18. The lowest BCUT2D eigenvalue weighted by Gasteiger charge is -2.15. The zero-order valence-electron chi connectivity index (χ0n) is 8.42. The molecule has 0 N–H and O–H groups in total. The van der Waals surface area contributed by atoms with Crippen LogP contribution in [-0.2, 0) is 6.42 Å². The molecular weight excluding hydrogens is 160 g/mol. The molecule has 13 heavy (non-hydrogen) atoms. The normalized spacial score (nSPS) is 12.5. The average Bonchev–Trinajstić information content (AvgIpc) is 2.18. The number of rotatable bonds is 4. The summed E-state index contributed by atoms with van der Waals surface area (Å²) >= 11 is 0. The molecule has 1 nitrogen and oxygen atoms in total. The van der Waals surface area contributed by atoms with Gasteiger partial charge in [-0.1, -0.05) is 25.1 Å². The van der Waals surface area contributed by atoms with Crippen LogP contribution in [0, 0.1) is 6.92 Å². The van der Waals surface area contributed by atoms with Gasteiger partial charge in [0.1, 0.15) is 5.75 Å². The van der Waals surface area contributed by atoms with Crippen LogP contribution in [0.1, 0.15) is 25.8 Å². The van der Waals surface area contributed by atoms with Crippen LogP contribution in [0.2, 0.25) is 0 Å². The Morgan fingerprint density at radius 2 is 2.08 bits per heavy atom. The molecule has 71 valence electrons. The first-order valence-electron chi connectivity index (χ1n) is 4.81. The zero-order chi connectivity index (χ0) is 9.68. The molecule has 0 saturated carbocycles. The van der Waals surface area contributed by atoms with Gasteiger partial charge >= 0.3 is 0 Å². The van der Waals surface area contributed by atoms with E-state index in [9.17, 15) is 0 Å². The fourth-order valence-corrected chi connectivity index (χ4v) is 1.13. The number of hydrogen-bond acceptors (Lipinski definition) is 1. The summed E-state index contributed by atoms with van der Waals surface area (Å²) in [6.07, 6.45) is 2.10. The van der Waals surface area contributed by atoms with E-state index in [1.165, 1.54) is 5.56 Å². The van der Waals surface area contributed by atoms with Crippen molar-refractivity contribution in [2.24, 2.45) is 0 Å². The molecule has 0 aliphatic heterocycles. The van der Waals surface area contributed by atoms with Crippen LogP contribution in [0.4, 0.5) is 0 Å². The second kappa shape index (κ2) is 4.90. The highest BCUT2D eigenvalue weighted by atomic mass is 16.5. The Balaban J connectivity index is 2.74. The molecular formula is C12H17O. The number of ether oxygens (including phenoxy) is 1. The average molecular weight is 177 g/mol. The van der Waals surface area contributed by atoms with Crippen LogP contribution < -0.4 is 4.74 Å². The van der Waals surface area contributed by atoms with Gasteiger partial charge in [-0.15, -0.1) is 0 Å². The molecule has 1 rings (SSSR count). The molecule has 0 aliphatic rings. The van der Waals surface area contributed by atoms with Crippen molar-refractivity contribution in [1.82, 2.24) is 0 Å². The summed E-state index contributed by atoms with van der Waals surface area (Å²) in [5, 5.41) is 0. The minimum Gasteiger partial charge on any atom is -0.490 e. The highest BCUT2D eigenvalue weighted by Gasteiger charge is 2.04. The predicted molar refractivity (Wildman–Crippen MR) is 55.9 cm³/mol. The van der Waals surface area contributed by atoms with Crippen LogP contribution in [0.25, 0.3) is 0 Å². The van der Waals surface area contributed by atoms with Gasteiger partial charge in [0.25, 0.3) is 0 Å². The summed E-state index contributed by atoms with van der Waals surface area (Å²) in [7, 11) is 0. The summed E-state index contributed by atoms with van der Waals surface area (Å²) < 4.78 is 5.75. The van der Waals surface area contributed by atoms with Crippen LogP contribution in [0.15, 0.2) is 24.3 Å². The van der Waals surface area contributed by atoms with Crippen molar-refractivity contribution in [1.29, 1.82) is 0 Å². The van der Waals surface area contributed by atoms with Gasteiger partial charge < -0.3 is 4.74 Å². The topological polar surface area (TPSA) is 9.23 Å². The van der Waals surface area contributed by atoms with Gasteiger partial charge in [-0.25, -0.2) is 0 Å². The maximum absolute atomic E-state index is 5.75. The molecule has 0 fully saturated rings. The SMILES string of the molecule is [CH2]Cc1ccccc1OC(C)CC. The monoisotopic (exact) mass is 177 g/mol. The van der Waals surface area contributed by atoms with Crippen LogP contribution in [0.3, 0.4) is 0 Å². The molecule has 1 aromatic rings. The van der Waals surface area contributed by atoms with E-state index in [4.69, 9.17) is 4.74 Å². The van der Waals surface area contributed by atoms with E-state index in [0.717, 1.165) is 18.6 Å². The fraction of sp³-hybridized carbons (Fsp3) is 0.417. The van der Waals surface area contributed by atoms with Crippen molar-refractivity contribution < 1.29 is 4.74 Å². The van der Waals surface area contributed by atoms with Crippen molar-refractivity contribution in [3.8, 4) is 5.75 Å². The van der Waals surface area contributed by atoms with Crippen molar-refractivity contribution in [2.75, 3.05) is 0 Å². The molecule has 0 amide bonds. The molecule has 1 heteroatoms. The van der Waals surface area contributed by atoms with Gasteiger partial charge in [-0.3, -0.25) is 0 Å². The van der Waals surface area contributed by atoms with E-state index in [1.807, 2.05) is 18.2 Å². The lowest BCUT2D eigenvalue weighted by Crippen LogP contribution is -2.10. The zero-order valence-corrected chi connectivity index (χ0v) is 8.42. The van der Waals surface area contributed by atoms with E-state index >= 15 is 0 Å². The number of para-hydroxylation sites is 1. The molecule has 1 atom stereocenters. The van der Waals surface area contributed by atoms with Gasteiger partial charge in [0.15, 0.2) is 0 Å². The molecule has 0 spiro atoms. The van der Waals surface area contributed by atoms with E-state index in [-0.39, 0.29) is 6.10 Å². The third-order valence-corrected chi connectivity index (χ3v) is 2.15. The minimum absolute atomic E-state index is 0.285. The standard InChI is InChI=1S/C12H17O/c1-4-10(3)13-12-9-7-6-8-11(12)5-2/h6-10H,2,4-5H2,1,3H3. The molecule has 0 bridgehead atoms. The maximum atomic E-state index is 5.75. The lowest BCUT2D eigenvalue weighted by atomic mass is 10.1. The largest absolute Gasteiger partial charge is 0.490 e. The molecule has 0 aromatic heterocycles. The Hall–Kier alpha value is -0.980. The summed E-state index contributed by atoms with van der Waals surface area (Å²) in [5.74, 6) is 0.979. The van der Waals surface area contributed by atoms with Crippen molar-refractivity contribution in [2.45, 2.75) is 32.8 Å². The third kappa shape index (κ3) is 2.76. The summed E-state index contributed by atoms with van der Waals surface area (Å²) in [6.45, 7) is 8.08. The second-order valence-corrected chi connectivity index (χ2v) is 3.19. The maximum Gasteiger partial charge on any atom is 0.122 e. The van der Waals surface area contributed by atoms with E-state index in [2.05, 4.69) is 26.8 Å². The van der Waals surface area contributed by atoms with E-state index < -0.39 is 0 Å². The van der Waals surface area contributed by atoms with Gasteiger partial charge in [0, 0.05) is 0 Å². The smallest absolute Gasteiger partial charge is 0.122 e. The van der Waals surface area contributed by atoms with Crippen molar-refractivity contribution >= 4 is 0 Å². The molecule has 0 heterocycles. The van der Waals surface area contributed by atoms with Crippen molar-refractivity contribution in [3.63, 3.8) is 0 Å². The minimum atomic E-state index is 0.285. The molecule has 1 aromatic carbocycles. The first-order valence-corrected chi connectivity index (χ1v) is 4.81. The molecule has 1 radical (unpaired) electrons. The van der Waals surface area contributed by atoms with Crippen LogP contribution >= 0.6 is 0 Å². The summed E-state index contributed by atoms with van der Waals surface area (Å²) in [6, 6.07) is 8.08. The lowest BCUT2D eigenvalue weighted by molar-refractivity contribution is 0.215. The second-order valence-electron chi connectivity index (χ2n) is 3.19. The van der Waals surface area contributed by atoms with Crippen LogP contribution in [0.5, 0.6) is 5.75 Å². The Kier molecular flexibility index (Phi) is 3.81. The number of benzene rings is 1. The van der Waals surface area contributed by atoms with E-state index in [0.29, 0.717) is 0 Å². The highest BCUT2D eigenvalue weighted by Crippen LogP contribution is 2.19. The van der Waals surface area contributed by atoms with Gasteiger partial charge in [-0.05, 0) is 38.3 Å². The van der Waals surface area contributed by atoms with Crippen molar-refractivity contribution in [3.05, 3.63) is 36.8 Å². The quantitative estimate of drug-likeness (QED) is 0.686. The Bertz CT molecular complexity index is 255. The number of hydrogen-bond donors (Lipinski definition) is 0. The predicted octanol–water partition coefficient (Wildman–Crippen LogP) is 3.24. The Morgan fingerprint density at radius 1 is 1.38 bits per heavy atom. The summed E-state index contributed by atoms with van der Waals surface area (Å²) in [4.78, 5) is 0. The Morgan fingerprint density at radius 3 is 2.69 bits per heavy atom. The fourth-order valence-electron chi connectivity index (χ4n) is 1.13. The molecule has 1 unspecified atom stereocenters. The highest BCUT2D eigenvalue weighted by molar-refractivity contribution is 5.33. The van der Waals surface area contributed by atoms with Gasteiger partial charge in [-0.2, -0.15) is 0 Å². The molecule has 0 aliphatic carbocycles. The van der Waals surface area contributed by atoms with Gasteiger partial charge in [0.05, 0.1) is 6.10 Å². The van der Waals surface area contributed by atoms with E-state index in [1.54, 1.807) is 0 Å².